The summed E-state index contributed by atoms with van der Waals surface area (Å²) in [6.45, 7) is 1.07. The minimum absolute atomic E-state index is 0.0736. The number of carbonyl (C=O) groups is 2. The normalized spacial score (nSPS) is 18.0. The summed E-state index contributed by atoms with van der Waals surface area (Å²) in [7, 11) is 1.58. The van der Waals surface area contributed by atoms with Crippen LogP contribution in [0.3, 0.4) is 0 Å². The number of nitrogens with one attached hydrogen (secondary N) is 2. The summed E-state index contributed by atoms with van der Waals surface area (Å²) in [5.41, 5.74) is 2.45. The Morgan fingerprint density at radius 3 is 2.90 bits per heavy atom. The third-order valence-corrected chi connectivity index (χ3v) is 5.26. The van der Waals surface area contributed by atoms with Crippen LogP contribution in [0.5, 0.6) is 11.5 Å². The van der Waals surface area contributed by atoms with Crippen molar-refractivity contribution in [2.75, 3.05) is 30.4 Å². The van der Waals surface area contributed by atoms with Crippen LogP contribution in [0.4, 0.5) is 16.2 Å². The van der Waals surface area contributed by atoms with E-state index in [9.17, 15) is 9.59 Å². The summed E-state index contributed by atoms with van der Waals surface area (Å²) in [4.78, 5) is 26.4. The van der Waals surface area contributed by atoms with Gasteiger partial charge in [0.25, 0.3) is 0 Å². The van der Waals surface area contributed by atoms with Crippen LogP contribution >= 0.6 is 0 Å². The zero-order chi connectivity index (χ0) is 20.2. The van der Waals surface area contributed by atoms with Gasteiger partial charge in [-0.2, -0.15) is 0 Å². The minimum Gasteiger partial charge on any atom is -0.495 e. The lowest BCUT2D eigenvalue weighted by Crippen LogP contribution is -2.37. The Morgan fingerprint density at radius 1 is 1.24 bits per heavy atom. The van der Waals surface area contributed by atoms with E-state index in [0.29, 0.717) is 36.6 Å². The van der Waals surface area contributed by atoms with Gasteiger partial charge in [-0.05, 0) is 42.7 Å². The first-order chi connectivity index (χ1) is 14.1. The third kappa shape index (κ3) is 4.29. The number of hydrogen-bond donors (Lipinski definition) is 2. The average Bonchev–Trinajstić information content (AvgIpc) is 3.16. The second-order valence-electron chi connectivity index (χ2n) is 7.28. The number of ether oxygens (including phenoxy) is 2. The number of urea groups is 1. The van der Waals surface area contributed by atoms with Gasteiger partial charge in [0.2, 0.25) is 5.91 Å². The topological polar surface area (TPSA) is 79.9 Å². The number of methoxy groups -OCH3 is 1. The zero-order valence-corrected chi connectivity index (χ0v) is 16.4. The highest BCUT2D eigenvalue weighted by atomic mass is 16.5. The fourth-order valence-corrected chi connectivity index (χ4v) is 3.79. The van der Waals surface area contributed by atoms with Crippen LogP contribution in [0, 0.1) is 0 Å². The molecule has 152 valence electrons. The van der Waals surface area contributed by atoms with E-state index in [1.54, 1.807) is 30.2 Å². The maximum Gasteiger partial charge on any atom is 0.319 e. The summed E-state index contributed by atoms with van der Waals surface area (Å²) in [5.74, 6) is 1.57. The van der Waals surface area contributed by atoms with Crippen molar-refractivity contribution in [2.24, 2.45) is 0 Å². The number of amides is 3. The van der Waals surface area contributed by atoms with E-state index < -0.39 is 0 Å². The molecule has 3 amide bonds. The molecule has 0 saturated carbocycles. The average molecular weight is 395 g/mol. The molecule has 2 aromatic rings. The molecule has 0 aromatic heterocycles. The highest BCUT2D eigenvalue weighted by Gasteiger charge is 2.24. The van der Waals surface area contributed by atoms with Crippen molar-refractivity contribution >= 4 is 23.3 Å². The fourth-order valence-electron chi connectivity index (χ4n) is 3.79. The molecule has 1 atom stereocenters. The standard InChI is InChI=1S/C22H25N3O4/c1-28-20-10-9-16(13-18(20)25-11-5-4-8-21(25)26)24-22(27)23-14-17-12-15-6-2-3-7-19(15)29-17/h2-3,6-7,9-10,13,17H,4-5,8,11-12,14H2,1H3,(H2,23,24,27)/t17-/m0/s1. The minimum atomic E-state index is -0.314. The maximum atomic E-state index is 12.4. The molecule has 2 N–H and O–H groups in total. The summed E-state index contributed by atoms with van der Waals surface area (Å²) in [6.07, 6.45) is 3.10. The van der Waals surface area contributed by atoms with Crippen LogP contribution < -0.4 is 25.0 Å². The number of fused-ring (bicyclic) bond motifs is 1. The lowest BCUT2D eigenvalue weighted by Gasteiger charge is -2.28. The second kappa shape index (κ2) is 8.43. The molecule has 0 aliphatic carbocycles. The second-order valence-corrected chi connectivity index (χ2v) is 7.28. The smallest absolute Gasteiger partial charge is 0.319 e. The van der Waals surface area contributed by atoms with Gasteiger partial charge >= 0.3 is 6.03 Å². The molecule has 29 heavy (non-hydrogen) atoms. The quantitative estimate of drug-likeness (QED) is 0.814. The van der Waals surface area contributed by atoms with Crippen molar-refractivity contribution in [3.63, 3.8) is 0 Å². The maximum absolute atomic E-state index is 12.4. The van der Waals surface area contributed by atoms with Crippen molar-refractivity contribution in [3.05, 3.63) is 48.0 Å². The van der Waals surface area contributed by atoms with Gasteiger partial charge in [0, 0.05) is 25.1 Å². The summed E-state index contributed by atoms with van der Waals surface area (Å²) in [6, 6.07) is 12.9. The SMILES string of the molecule is COc1ccc(NC(=O)NC[C@@H]2Cc3ccccc3O2)cc1N1CCCCC1=O. The molecule has 2 aliphatic heterocycles. The van der Waals surface area contributed by atoms with Crippen molar-refractivity contribution in [1.29, 1.82) is 0 Å². The van der Waals surface area contributed by atoms with Crippen molar-refractivity contribution < 1.29 is 19.1 Å². The Bertz CT molecular complexity index is 890. The van der Waals surface area contributed by atoms with Gasteiger partial charge in [-0.15, -0.1) is 0 Å². The van der Waals surface area contributed by atoms with Gasteiger partial charge in [0.05, 0.1) is 19.3 Å². The Morgan fingerprint density at radius 2 is 2.10 bits per heavy atom. The number of benzene rings is 2. The van der Waals surface area contributed by atoms with E-state index in [1.165, 1.54) is 0 Å². The van der Waals surface area contributed by atoms with E-state index in [-0.39, 0.29) is 18.0 Å². The number of rotatable bonds is 5. The largest absolute Gasteiger partial charge is 0.495 e. The molecule has 4 rings (SSSR count). The highest BCUT2D eigenvalue weighted by molar-refractivity contribution is 5.97. The van der Waals surface area contributed by atoms with Gasteiger partial charge in [-0.1, -0.05) is 18.2 Å². The Kier molecular flexibility index (Phi) is 5.55. The Labute approximate surface area is 170 Å². The fraction of sp³-hybridized carbons (Fsp3) is 0.364. The number of carbonyl (C=O) groups excluding carboxylic acids is 2. The third-order valence-electron chi connectivity index (χ3n) is 5.26. The van der Waals surface area contributed by atoms with Gasteiger partial charge < -0.3 is 25.0 Å². The molecule has 2 heterocycles. The lowest BCUT2D eigenvalue weighted by molar-refractivity contribution is -0.119. The molecular weight excluding hydrogens is 370 g/mol. The number of anilines is 2. The lowest BCUT2D eigenvalue weighted by atomic mass is 10.1. The van der Waals surface area contributed by atoms with Gasteiger partial charge in [-0.25, -0.2) is 4.79 Å². The summed E-state index contributed by atoms with van der Waals surface area (Å²) in [5, 5.41) is 5.69. The van der Waals surface area contributed by atoms with E-state index >= 15 is 0 Å². The van der Waals surface area contributed by atoms with Crippen LogP contribution in [-0.2, 0) is 11.2 Å². The van der Waals surface area contributed by atoms with Crippen molar-refractivity contribution in [1.82, 2.24) is 5.32 Å². The van der Waals surface area contributed by atoms with E-state index in [2.05, 4.69) is 10.6 Å². The first-order valence-corrected chi connectivity index (χ1v) is 9.92. The van der Waals surface area contributed by atoms with Gasteiger partial charge in [0.1, 0.15) is 17.6 Å². The van der Waals surface area contributed by atoms with Gasteiger partial charge in [-0.3, -0.25) is 4.79 Å². The first-order valence-electron chi connectivity index (χ1n) is 9.92. The van der Waals surface area contributed by atoms with Crippen LogP contribution in [0.15, 0.2) is 42.5 Å². The molecule has 2 aliphatic rings. The van der Waals surface area contributed by atoms with Crippen LogP contribution in [0.25, 0.3) is 0 Å². The van der Waals surface area contributed by atoms with Crippen molar-refractivity contribution in [2.45, 2.75) is 31.8 Å². The molecule has 0 bridgehead atoms. The molecule has 2 aromatic carbocycles. The molecule has 1 fully saturated rings. The predicted octanol–water partition coefficient (Wildman–Crippen LogP) is 3.34. The molecule has 0 radical (unpaired) electrons. The van der Waals surface area contributed by atoms with Gasteiger partial charge in [0.15, 0.2) is 0 Å². The van der Waals surface area contributed by atoms with Crippen LogP contribution in [0.1, 0.15) is 24.8 Å². The molecule has 0 spiro atoms. The Hall–Kier alpha value is -3.22. The van der Waals surface area contributed by atoms with E-state index in [0.717, 1.165) is 30.6 Å². The number of para-hydroxylation sites is 1. The monoisotopic (exact) mass is 395 g/mol. The molecule has 0 unspecified atom stereocenters. The zero-order valence-electron chi connectivity index (χ0n) is 16.4. The van der Waals surface area contributed by atoms with Crippen molar-refractivity contribution in [3.8, 4) is 11.5 Å². The van der Waals surface area contributed by atoms with E-state index in [4.69, 9.17) is 9.47 Å². The first kappa shape index (κ1) is 19.1. The molecule has 1 saturated heterocycles. The number of piperidine rings is 1. The van der Waals surface area contributed by atoms with E-state index in [1.807, 2.05) is 24.3 Å². The van der Waals surface area contributed by atoms with Crippen LogP contribution in [-0.4, -0.2) is 38.2 Å². The Balaban J connectivity index is 1.37. The summed E-state index contributed by atoms with van der Waals surface area (Å²) >= 11 is 0. The molecule has 7 heteroatoms. The van der Waals surface area contributed by atoms with Crippen LogP contribution in [0.2, 0.25) is 0 Å². The highest BCUT2D eigenvalue weighted by Crippen LogP contribution is 2.33. The predicted molar refractivity (Wildman–Crippen MR) is 111 cm³/mol. The molecule has 7 nitrogen and oxygen atoms in total. The number of nitrogens with zero attached hydrogens (tertiary/aromatic N) is 1. The number of hydrogen-bond acceptors (Lipinski definition) is 4. The molecular formula is C22H25N3O4. The summed E-state index contributed by atoms with van der Waals surface area (Å²) < 4.78 is 11.3.